The van der Waals surface area contributed by atoms with Gasteiger partial charge in [0.1, 0.15) is 17.9 Å². The van der Waals surface area contributed by atoms with Gasteiger partial charge in [0.2, 0.25) is 0 Å². The number of aromatic amines is 1. The van der Waals surface area contributed by atoms with E-state index in [1.807, 2.05) is 0 Å². The summed E-state index contributed by atoms with van der Waals surface area (Å²) in [7, 11) is 0. The lowest BCUT2D eigenvalue weighted by Gasteiger charge is -2.67. The molecule has 1 aliphatic heterocycles. The van der Waals surface area contributed by atoms with Crippen LogP contribution in [0.25, 0.3) is 11.0 Å². The fraction of sp³-hybridized carbons (Fsp3) is 0.650. The molecule has 2 heterocycles. The van der Waals surface area contributed by atoms with Crippen molar-refractivity contribution in [1.29, 1.82) is 0 Å². The largest absolute Gasteiger partial charge is 0.492 e. The minimum absolute atomic E-state index is 0.0667. The molecule has 2 aromatic rings. The number of H-pyrrole nitrogens is 1. The van der Waals surface area contributed by atoms with Gasteiger partial charge in [0, 0.05) is 18.2 Å². The third-order valence-electron chi connectivity index (χ3n) is 6.93. The van der Waals surface area contributed by atoms with Crippen LogP contribution in [0, 0.1) is 17.3 Å². The van der Waals surface area contributed by atoms with E-state index in [0.29, 0.717) is 29.5 Å². The maximum absolute atomic E-state index is 13.3. The first-order valence-corrected chi connectivity index (χ1v) is 9.75. The number of aromatic nitrogens is 2. The fourth-order valence-electron chi connectivity index (χ4n) is 5.59. The van der Waals surface area contributed by atoms with Gasteiger partial charge in [0.05, 0.1) is 17.4 Å². The molecule has 1 saturated heterocycles. The molecule has 2 bridgehead atoms. The Morgan fingerprint density at radius 1 is 1.22 bits per heavy atom. The molecule has 3 atom stereocenters. The quantitative estimate of drug-likeness (QED) is 0.821. The van der Waals surface area contributed by atoms with E-state index < -0.39 is 11.7 Å². The summed E-state index contributed by atoms with van der Waals surface area (Å²) in [6.45, 7) is 2.58. The van der Waals surface area contributed by atoms with E-state index >= 15 is 0 Å². The van der Waals surface area contributed by atoms with E-state index in [2.05, 4.69) is 22.2 Å². The zero-order chi connectivity index (χ0) is 18.8. The van der Waals surface area contributed by atoms with Crippen molar-refractivity contribution in [2.75, 3.05) is 6.61 Å². The van der Waals surface area contributed by atoms with Gasteiger partial charge >= 0.3 is 6.18 Å². The van der Waals surface area contributed by atoms with Crippen LogP contribution in [0.5, 0.6) is 5.75 Å². The number of piperidine rings is 1. The Morgan fingerprint density at radius 2 is 2.00 bits per heavy atom. The number of nitrogens with zero attached hydrogens (tertiary/aromatic N) is 1. The SMILES string of the molecule is CC1CC(C23CC(C2)C3)CC(COc2cc(C(F)(F)F)c3nc[nH]c3c2)N1. The molecule has 3 unspecified atom stereocenters. The van der Waals surface area contributed by atoms with E-state index in [4.69, 9.17) is 4.74 Å². The number of fused-ring (bicyclic) bond motifs is 1. The first kappa shape index (κ1) is 17.3. The predicted molar refractivity (Wildman–Crippen MR) is 95.5 cm³/mol. The Bertz CT molecular complexity index is 845. The van der Waals surface area contributed by atoms with E-state index in [9.17, 15) is 13.2 Å². The van der Waals surface area contributed by atoms with Gasteiger partial charge in [-0.05, 0) is 62.3 Å². The van der Waals surface area contributed by atoms with Crippen LogP contribution in [0.3, 0.4) is 0 Å². The lowest BCUT2D eigenvalue weighted by molar-refractivity contribution is -0.164. The van der Waals surface area contributed by atoms with Gasteiger partial charge in [0.15, 0.2) is 0 Å². The van der Waals surface area contributed by atoms with Crippen LogP contribution < -0.4 is 10.1 Å². The molecule has 146 valence electrons. The first-order chi connectivity index (χ1) is 12.8. The van der Waals surface area contributed by atoms with Crippen LogP contribution >= 0.6 is 0 Å². The molecule has 4 nitrogen and oxygen atoms in total. The predicted octanol–water partition coefficient (Wildman–Crippen LogP) is 4.52. The number of hydrogen-bond donors (Lipinski definition) is 2. The van der Waals surface area contributed by atoms with Crippen LogP contribution in [-0.2, 0) is 6.18 Å². The summed E-state index contributed by atoms with van der Waals surface area (Å²) in [5.74, 6) is 1.92. The third kappa shape index (κ3) is 2.91. The van der Waals surface area contributed by atoms with E-state index in [1.54, 1.807) is 6.07 Å². The van der Waals surface area contributed by atoms with Crippen molar-refractivity contribution in [3.05, 3.63) is 24.0 Å². The second-order valence-corrected chi connectivity index (χ2v) is 8.85. The summed E-state index contributed by atoms with van der Waals surface area (Å²) in [5.41, 5.74) is 0.0878. The van der Waals surface area contributed by atoms with Crippen molar-refractivity contribution < 1.29 is 17.9 Å². The van der Waals surface area contributed by atoms with Gasteiger partial charge in [-0.2, -0.15) is 13.2 Å². The van der Waals surface area contributed by atoms with E-state index in [1.165, 1.54) is 32.0 Å². The Hall–Kier alpha value is -1.76. The highest BCUT2D eigenvalue weighted by atomic mass is 19.4. The van der Waals surface area contributed by atoms with E-state index in [0.717, 1.165) is 18.4 Å². The highest BCUT2D eigenvalue weighted by Gasteiger charge is 2.60. The molecule has 1 aromatic heterocycles. The van der Waals surface area contributed by atoms with Crippen LogP contribution in [0.1, 0.15) is 44.6 Å². The standard InChI is InChI=1S/C20H24F3N3O/c1-11-2-13(19-6-12(7-19)8-19)3-14(26-11)9-27-15-4-16(20(21,22)23)18-17(5-15)24-10-25-18/h4-5,10-14,26H,2-3,6-9H2,1H3,(H,24,25). The molecular formula is C20H24F3N3O. The summed E-state index contributed by atoms with van der Waals surface area (Å²) in [6, 6.07) is 3.27. The Balaban J connectivity index is 1.30. The van der Waals surface area contributed by atoms with Gasteiger partial charge in [-0.1, -0.05) is 0 Å². The number of alkyl halides is 3. The summed E-state index contributed by atoms with van der Waals surface area (Å²) in [5, 5.41) is 3.56. The van der Waals surface area contributed by atoms with Gasteiger partial charge in [-0.15, -0.1) is 0 Å². The van der Waals surface area contributed by atoms with Gasteiger partial charge in [0.25, 0.3) is 0 Å². The minimum atomic E-state index is -4.46. The molecule has 0 radical (unpaired) electrons. The molecule has 3 aliphatic carbocycles. The number of hydrogen-bond acceptors (Lipinski definition) is 3. The number of benzene rings is 1. The average molecular weight is 379 g/mol. The van der Waals surface area contributed by atoms with Crippen LogP contribution in [0.4, 0.5) is 13.2 Å². The highest BCUT2D eigenvalue weighted by molar-refractivity contribution is 5.80. The Kier molecular flexibility index (Phi) is 3.77. The topological polar surface area (TPSA) is 49.9 Å². The average Bonchev–Trinajstić information content (AvgIpc) is 2.95. The molecule has 7 heteroatoms. The molecule has 4 fully saturated rings. The molecule has 0 spiro atoms. The van der Waals surface area contributed by atoms with Crippen molar-refractivity contribution in [3.63, 3.8) is 0 Å². The van der Waals surface area contributed by atoms with Crippen LogP contribution in [0.15, 0.2) is 18.5 Å². The fourth-order valence-corrected chi connectivity index (χ4v) is 5.59. The number of nitrogens with one attached hydrogen (secondary N) is 2. The summed E-state index contributed by atoms with van der Waals surface area (Å²) < 4.78 is 45.8. The van der Waals surface area contributed by atoms with Crippen molar-refractivity contribution in [2.24, 2.45) is 17.3 Å². The van der Waals surface area contributed by atoms with Gasteiger partial charge in [-0.3, -0.25) is 0 Å². The monoisotopic (exact) mass is 379 g/mol. The lowest BCUT2D eigenvalue weighted by atomic mass is 9.39. The summed E-state index contributed by atoms with van der Waals surface area (Å²) in [6.07, 6.45) is 3.20. The van der Waals surface area contributed by atoms with Gasteiger partial charge in [-0.25, -0.2) is 4.98 Å². The molecule has 2 N–H and O–H groups in total. The minimum Gasteiger partial charge on any atom is -0.492 e. The van der Waals surface area contributed by atoms with E-state index in [-0.39, 0.29) is 17.3 Å². The summed E-state index contributed by atoms with van der Waals surface area (Å²) in [4.78, 5) is 6.56. The molecular weight excluding hydrogens is 355 g/mol. The molecule has 4 aliphatic rings. The first-order valence-electron chi connectivity index (χ1n) is 9.75. The van der Waals surface area contributed by atoms with Crippen molar-refractivity contribution in [3.8, 4) is 5.75 Å². The normalized spacial score (nSPS) is 35.6. The summed E-state index contributed by atoms with van der Waals surface area (Å²) >= 11 is 0. The molecule has 1 aromatic carbocycles. The molecule has 6 rings (SSSR count). The second kappa shape index (κ2) is 5.87. The van der Waals surface area contributed by atoms with Crippen molar-refractivity contribution in [1.82, 2.24) is 15.3 Å². The number of imidazole rings is 1. The van der Waals surface area contributed by atoms with Crippen LogP contribution in [-0.4, -0.2) is 28.7 Å². The lowest BCUT2D eigenvalue weighted by Crippen LogP contribution is -2.60. The maximum Gasteiger partial charge on any atom is 0.418 e. The Morgan fingerprint density at radius 3 is 2.67 bits per heavy atom. The number of halogens is 3. The van der Waals surface area contributed by atoms with Crippen molar-refractivity contribution in [2.45, 2.75) is 57.3 Å². The Labute approximate surface area is 155 Å². The van der Waals surface area contributed by atoms with Gasteiger partial charge < -0.3 is 15.0 Å². The zero-order valence-corrected chi connectivity index (χ0v) is 15.3. The molecule has 0 amide bonds. The smallest absolute Gasteiger partial charge is 0.418 e. The number of ether oxygens (including phenoxy) is 1. The zero-order valence-electron chi connectivity index (χ0n) is 15.3. The highest BCUT2D eigenvalue weighted by Crippen LogP contribution is 2.69. The molecule has 27 heavy (non-hydrogen) atoms. The van der Waals surface area contributed by atoms with Crippen LogP contribution in [0.2, 0.25) is 0 Å². The molecule has 3 saturated carbocycles. The third-order valence-corrected chi connectivity index (χ3v) is 6.93. The number of rotatable bonds is 4. The maximum atomic E-state index is 13.3. The second-order valence-electron chi connectivity index (χ2n) is 8.85. The van der Waals surface area contributed by atoms with Crippen molar-refractivity contribution >= 4 is 11.0 Å².